The van der Waals surface area contributed by atoms with E-state index in [1.165, 1.54) is 6.07 Å². The summed E-state index contributed by atoms with van der Waals surface area (Å²) in [6, 6.07) is 6.71. The molecule has 1 aromatic heterocycles. The van der Waals surface area contributed by atoms with Crippen molar-refractivity contribution in [1.29, 1.82) is 0 Å². The molecule has 0 spiro atoms. The maximum atomic E-state index is 13.7. The molecule has 0 aliphatic heterocycles. The van der Waals surface area contributed by atoms with Gasteiger partial charge < -0.3 is 5.32 Å². The highest BCUT2D eigenvalue weighted by Gasteiger charge is 2.11. The topological polar surface area (TPSA) is 29.9 Å². The third kappa shape index (κ3) is 1.84. The second kappa shape index (κ2) is 4.45. The Morgan fingerprint density at radius 1 is 1.38 bits per heavy atom. The SMILES string of the molecule is CNCc1ncc(C)n1-c1ccccc1F. The van der Waals surface area contributed by atoms with Crippen molar-refractivity contribution < 1.29 is 4.39 Å². The Morgan fingerprint density at radius 2 is 2.12 bits per heavy atom. The monoisotopic (exact) mass is 219 g/mol. The van der Waals surface area contributed by atoms with Gasteiger partial charge in [-0.25, -0.2) is 9.37 Å². The Kier molecular flexibility index (Phi) is 3.01. The van der Waals surface area contributed by atoms with Crippen LogP contribution in [0.1, 0.15) is 11.5 Å². The summed E-state index contributed by atoms with van der Waals surface area (Å²) >= 11 is 0. The van der Waals surface area contributed by atoms with E-state index < -0.39 is 0 Å². The summed E-state index contributed by atoms with van der Waals surface area (Å²) in [5.41, 5.74) is 1.47. The summed E-state index contributed by atoms with van der Waals surface area (Å²) in [7, 11) is 1.84. The number of para-hydroxylation sites is 1. The van der Waals surface area contributed by atoms with Gasteiger partial charge in [-0.3, -0.25) is 4.57 Å². The summed E-state index contributed by atoms with van der Waals surface area (Å²) in [5.74, 6) is 0.575. The zero-order chi connectivity index (χ0) is 11.5. The molecule has 0 amide bonds. The summed E-state index contributed by atoms with van der Waals surface area (Å²) < 4.78 is 15.5. The smallest absolute Gasteiger partial charge is 0.147 e. The van der Waals surface area contributed by atoms with Crippen molar-refractivity contribution in [3.8, 4) is 5.69 Å². The van der Waals surface area contributed by atoms with E-state index in [0.29, 0.717) is 12.2 Å². The lowest BCUT2D eigenvalue weighted by Crippen LogP contribution is -2.12. The first-order valence-corrected chi connectivity index (χ1v) is 5.16. The summed E-state index contributed by atoms with van der Waals surface area (Å²) in [5, 5.41) is 3.02. The highest BCUT2D eigenvalue weighted by atomic mass is 19.1. The van der Waals surface area contributed by atoms with Gasteiger partial charge in [0, 0.05) is 11.9 Å². The molecule has 0 unspecified atom stereocenters. The van der Waals surface area contributed by atoms with Crippen molar-refractivity contribution in [1.82, 2.24) is 14.9 Å². The minimum absolute atomic E-state index is 0.235. The maximum absolute atomic E-state index is 13.7. The molecule has 0 aliphatic carbocycles. The average molecular weight is 219 g/mol. The number of nitrogens with zero attached hydrogens (tertiary/aromatic N) is 2. The van der Waals surface area contributed by atoms with Gasteiger partial charge in [0.25, 0.3) is 0 Å². The molecule has 0 radical (unpaired) electrons. The Morgan fingerprint density at radius 3 is 2.81 bits per heavy atom. The molecule has 0 fully saturated rings. The predicted octanol–water partition coefficient (Wildman–Crippen LogP) is 2.04. The fourth-order valence-electron chi connectivity index (χ4n) is 1.73. The van der Waals surface area contributed by atoms with Crippen molar-refractivity contribution in [3.63, 3.8) is 0 Å². The van der Waals surface area contributed by atoms with E-state index in [9.17, 15) is 4.39 Å². The Balaban J connectivity index is 2.54. The van der Waals surface area contributed by atoms with Crippen molar-refractivity contribution in [3.05, 3.63) is 47.8 Å². The van der Waals surface area contributed by atoms with Crippen LogP contribution < -0.4 is 5.32 Å². The zero-order valence-corrected chi connectivity index (χ0v) is 9.37. The third-order valence-electron chi connectivity index (χ3n) is 2.44. The number of hydrogen-bond acceptors (Lipinski definition) is 2. The number of nitrogens with one attached hydrogen (secondary N) is 1. The minimum Gasteiger partial charge on any atom is -0.313 e. The lowest BCUT2D eigenvalue weighted by Gasteiger charge is -2.10. The minimum atomic E-state index is -0.235. The number of benzene rings is 1. The van der Waals surface area contributed by atoms with Gasteiger partial charge in [0.2, 0.25) is 0 Å². The molecule has 0 aliphatic rings. The molecule has 84 valence electrons. The van der Waals surface area contributed by atoms with E-state index in [2.05, 4.69) is 10.3 Å². The van der Waals surface area contributed by atoms with Crippen LogP contribution in [-0.4, -0.2) is 16.6 Å². The van der Waals surface area contributed by atoms with Gasteiger partial charge in [-0.05, 0) is 26.1 Å². The number of hydrogen-bond donors (Lipinski definition) is 1. The van der Waals surface area contributed by atoms with E-state index in [0.717, 1.165) is 11.5 Å². The maximum Gasteiger partial charge on any atom is 0.147 e. The van der Waals surface area contributed by atoms with Crippen LogP contribution in [0, 0.1) is 12.7 Å². The normalized spacial score (nSPS) is 10.7. The van der Waals surface area contributed by atoms with Gasteiger partial charge >= 0.3 is 0 Å². The summed E-state index contributed by atoms with van der Waals surface area (Å²) in [6.07, 6.45) is 1.75. The van der Waals surface area contributed by atoms with Crippen molar-refractivity contribution in [2.24, 2.45) is 0 Å². The molecule has 0 bridgehead atoms. The van der Waals surface area contributed by atoms with E-state index in [1.807, 2.05) is 24.6 Å². The van der Waals surface area contributed by atoms with Crippen LogP contribution in [-0.2, 0) is 6.54 Å². The molecular formula is C12H14FN3. The fourth-order valence-corrected chi connectivity index (χ4v) is 1.73. The molecule has 1 aromatic carbocycles. The first-order chi connectivity index (χ1) is 7.74. The molecule has 4 heteroatoms. The van der Waals surface area contributed by atoms with Gasteiger partial charge in [0.05, 0.1) is 12.2 Å². The predicted molar refractivity (Wildman–Crippen MR) is 61.0 cm³/mol. The van der Waals surface area contributed by atoms with Crippen LogP contribution in [0.25, 0.3) is 5.69 Å². The van der Waals surface area contributed by atoms with E-state index >= 15 is 0 Å². The first-order valence-electron chi connectivity index (χ1n) is 5.16. The molecule has 2 aromatic rings. The summed E-state index contributed by atoms with van der Waals surface area (Å²) in [6.45, 7) is 2.53. The Bertz CT molecular complexity index is 491. The molecule has 0 saturated carbocycles. The van der Waals surface area contributed by atoms with Crippen molar-refractivity contribution in [2.75, 3.05) is 7.05 Å². The molecule has 0 saturated heterocycles. The van der Waals surface area contributed by atoms with Crippen LogP contribution in [0.2, 0.25) is 0 Å². The first kappa shape index (κ1) is 10.8. The van der Waals surface area contributed by atoms with Crippen LogP contribution >= 0.6 is 0 Å². The lowest BCUT2D eigenvalue weighted by atomic mass is 10.3. The highest BCUT2D eigenvalue weighted by Crippen LogP contribution is 2.17. The second-order valence-electron chi connectivity index (χ2n) is 3.63. The van der Waals surface area contributed by atoms with Crippen LogP contribution in [0.4, 0.5) is 4.39 Å². The fraction of sp³-hybridized carbons (Fsp3) is 0.250. The van der Waals surface area contributed by atoms with E-state index in [4.69, 9.17) is 0 Å². The van der Waals surface area contributed by atoms with Gasteiger partial charge in [-0.1, -0.05) is 12.1 Å². The van der Waals surface area contributed by atoms with Crippen LogP contribution in [0.3, 0.4) is 0 Å². The van der Waals surface area contributed by atoms with Gasteiger partial charge in [-0.15, -0.1) is 0 Å². The molecule has 16 heavy (non-hydrogen) atoms. The second-order valence-corrected chi connectivity index (χ2v) is 3.63. The van der Waals surface area contributed by atoms with Crippen LogP contribution in [0.15, 0.2) is 30.5 Å². The van der Waals surface area contributed by atoms with Gasteiger partial charge in [-0.2, -0.15) is 0 Å². The largest absolute Gasteiger partial charge is 0.313 e. The molecular weight excluding hydrogens is 205 g/mol. The molecule has 1 N–H and O–H groups in total. The number of halogens is 1. The molecule has 0 atom stereocenters. The molecule has 3 nitrogen and oxygen atoms in total. The van der Waals surface area contributed by atoms with Gasteiger partial charge in [0.1, 0.15) is 11.6 Å². The van der Waals surface area contributed by atoms with E-state index in [1.54, 1.807) is 18.3 Å². The Labute approximate surface area is 93.9 Å². The lowest BCUT2D eigenvalue weighted by molar-refractivity contribution is 0.610. The van der Waals surface area contributed by atoms with Crippen molar-refractivity contribution in [2.45, 2.75) is 13.5 Å². The molecule has 2 rings (SSSR count). The number of aryl methyl sites for hydroxylation is 1. The van der Waals surface area contributed by atoms with E-state index in [-0.39, 0.29) is 5.82 Å². The zero-order valence-electron chi connectivity index (χ0n) is 9.37. The standard InChI is InChI=1S/C12H14FN3/c1-9-7-15-12(8-14-2)16(9)11-6-4-3-5-10(11)13/h3-7,14H,8H2,1-2H3. The Hall–Kier alpha value is -1.68. The quantitative estimate of drug-likeness (QED) is 0.856. The van der Waals surface area contributed by atoms with Crippen LogP contribution in [0.5, 0.6) is 0 Å². The highest BCUT2D eigenvalue weighted by molar-refractivity contribution is 5.36. The van der Waals surface area contributed by atoms with Crippen molar-refractivity contribution >= 4 is 0 Å². The van der Waals surface area contributed by atoms with Gasteiger partial charge in [0.15, 0.2) is 0 Å². The average Bonchev–Trinajstić information content (AvgIpc) is 2.62. The number of rotatable bonds is 3. The summed E-state index contributed by atoms with van der Waals surface area (Å²) in [4.78, 5) is 4.26. The number of imidazole rings is 1. The number of aromatic nitrogens is 2. The molecule has 1 heterocycles. The third-order valence-corrected chi connectivity index (χ3v) is 2.44.